The van der Waals surface area contributed by atoms with Crippen molar-refractivity contribution in [2.75, 3.05) is 39.3 Å². The van der Waals surface area contributed by atoms with Gasteiger partial charge in [0, 0.05) is 51.4 Å². The van der Waals surface area contributed by atoms with E-state index in [0.717, 1.165) is 45.4 Å². The predicted octanol–water partition coefficient (Wildman–Crippen LogP) is 0.432. The highest BCUT2D eigenvalue weighted by Gasteiger charge is 2.31. The van der Waals surface area contributed by atoms with Crippen LogP contribution in [0.15, 0.2) is 11.4 Å². The molecule has 3 rings (SSSR count). The Morgan fingerprint density at radius 1 is 1.29 bits per heavy atom. The Hall–Kier alpha value is -1.30. The fraction of sp³-hybridized carbons (Fsp3) is 0.800. The van der Waals surface area contributed by atoms with Gasteiger partial charge in [-0.3, -0.25) is 4.79 Å². The first-order valence-corrected chi connectivity index (χ1v) is 8.01. The summed E-state index contributed by atoms with van der Waals surface area (Å²) in [7, 11) is 0. The first-order valence-electron chi connectivity index (χ1n) is 8.01. The summed E-state index contributed by atoms with van der Waals surface area (Å²) in [4.78, 5) is 15.8. The van der Waals surface area contributed by atoms with E-state index in [1.807, 2.05) is 4.90 Å². The summed E-state index contributed by atoms with van der Waals surface area (Å²) in [6.07, 6.45) is 2.74. The van der Waals surface area contributed by atoms with Crippen LogP contribution < -0.4 is 11.1 Å². The average Bonchev–Trinajstić information content (AvgIpc) is 2.86. The molecule has 3 aliphatic rings. The summed E-state index contributed by atoms with van der Waals surface area (Å²) in [5.41, 5.74) is 7.31. The van der Waals surface area contributed by atoms with Gasteiger partial charge in [-0.2, -0.15) is 0 Å². The molecule has 0 spiro atoms. The number of hydrogen-bond donors (Lipinski definition) is 2. The van der Waals surface area contributed by atoms with Gasteiger partial charge in [0.25, 0.3) is 0 Å². The third-order valence-electron chi connectivity index (χ3n) is 4.87. The molecule has 0 aliphatic carbocycles. The van der Waals surface area contributed by atoms with Crippen molar-refractivity contribution < 1.29 is 9.18 Å². The van der Waals surface area contributed by atoms with Crippen molar-refractivity contribution in [2.45, 2.75) is 31.9 Å². The SMILES string of the molecule is NC1=C(N2CCC(CN3CCCC3=O)CC2)C(F)CNC1. The summed E-state index contributed by atoms with van der Waals surface area (Å²) in [5.74, 6) is 0.844. The zero-order valence-corrected chi connectivity index (χ0v) is 12.5. The molecule has 3 heterocycles. The van der Waals surface area contributed by atoms with Crippen molar-refractivity contribution in [1.82, 2.24) is 15.1 Å². The highest BCUT2D eigenvalue weighted by molar-refractivity contribution is 5.78. The van der Waals surface area contributed by atoms with Crippen molar-refractivity contribution in [2.24, 2.45) is 11.7 Å². The highest BCUT2D eigenvalue weighted by Crippen LogP contribution is 2.26. The molecule has 1 unspecified atom stereocenters. The van der Waals surface area contributed by atoms with Gasteiger partial charge >= 0.3 is 0 Å². The van der Waals surface area contributed by atoms with Gasteiger partial charge in [0.15, 0.2) is 6.17 Å². The van der Waals surface area contributed by atoms with Gasteiger partial charge in [-0.1, -0.05) is 0 Å². The standard InChI is InChI=1S/C15H25FN4O/c16-12-8-18-9-13(17)15(12)19-6-3-11(4-7-19)10-20-5-1-2-14(20)21/h11-12,18H,1-10,17H2. The van der Waals surface area contributed by atoms with E-state index in [4.69, 9.17) is 5.73 Å². The fourth-order valence-corrected chi connectivity index (χ4v) is 3.69. The molecule has 2 saturated heterocycles. The minimum atomic E-state index is -0.990. The van der Waals surface area contributed by atoms with Crippen molar-refractivity contribution in [3.63, 3.8) is 0 Å². The maximum Gasteiger partial charge on any atom is 0.222 e. The molecule has 0 radical (unpaired) electrons. The first-order chi connectivity index (χ1) is 10.1. The Morgan fingerprint density at radius 2 is 2.05 bits per heavy atom. The fourth-order valence-electron chi connectivity index (χ4n) is 3.69. The number of nitrogens with zero attached hydrogens (tertiary/aromatic N) is 2. The Labute approximate surface area is 125 Å². The molecule has 0 aromatic carbocycles. The number of amides is 1. The minimum absolute atomic E-state index is 0.298. The monoisotopic (exact) mass is 296 g/mol. The second-order valence-electron chi connectivity index (χ2n) is 6.38. The number of halogens is 1. The second-order valence-corrected chi connectivity index (χ2v) is 6.38. The van der Waals surface area contributed by atoms with E-state index < -0.39 is 6.17 Å². The molecule has 1 atom stereocenters. The summed E-state index contributed by atoms with van der Waals surface area (Å²) in [6, 6.07) is 0. The summed E-state index contributed by atoms with van der Waals surface area (Å²) < 4.78 is 14.1. The van der Waals surface area contributed by atoms with Crippen molar-refractivity contribution in [3.8, 4) is 0 Å². The minimum Gasteiger partial charge on any atom is -0.400 e. The molecule has 6 heteroatoms. The van der Waals surface area contributed by atoms with E-state index in [-0.39, 0.29) is 0 Å². The summed E-state index contributed by atoms with van der Waals surface area (Å²) in [5, 5.41) is 2.99. The molecular formula is C15H25FN4O. The number of alkyl halides is 1. The van der Waals surface area contributed by atoms with E-state index >= 15 is 0 Å². The van der Waals surface area contributed by atoms with Gasteiger partial charge in [-0.05, 0) is 25.2 Å². The molecule has 2 fully saturated rings. The lowest BCUT2D eigenvalue weighted by Gasteiger charge is -2.39. The normalized spacial score (nSPS) is 28.6. The van der Waals surface area contributed by atoms with Gasteiger partial charge < -0.3 is 20.9 Å². The molecule has 1 amide bonds. The molecule has 0 aromatic rings. The zero-order valence-electron chi connectivity index (χ0n) is 12.5. The van der Waals surface area contributed by atoms with Crippen molar-refractivity contribution in [1.29, 1.82) is 0 Å². The van der Waals surface area contributed by atoms with Crippen LogP contribution in [0.3, 0.4) is 0 Å². The van der Waals surface area contributed by atoms with E-state index in [9.17, 15) is 9.18 Å². The van der Waals surface area contributed by atoms with E-state index in [0.29, 0.717) is 42.7 Å². The molecule has 0 aromatic heterocycles. The third kappa shape index (κ3) is 3.15. The Morgan fingerprint density at radius 3 is 2.67 bits per heavy atom. The molecule has 0 saturated carbocycles. The maximum atomic E-state index is 14.1. The Bertz CT molecular complexity index is 431. The van der Waals surface area contributed by atoms with Crippen LogP contribution >= 0.6 is 0 Å². The molecule has 3 aliphatic heterocycles. The number of rotatable bonds is 3. The molecule has 0 bridgehead atoms. The number of likely N-dealkylation sites (tertiary alicyclic amines) is 2. The van der Waals surface area contributed by atoms with Gasteiger partial charge in [0.1, 0.15) is 0 Å². The van der Waals surface area contributed by atoms with E-state index in [2.05, 4.69) is 10.2 Å². The summed E-state index contributed by atoms with van der Waals surface area (Å²) in [6.45, 7) is 4.43. The quantitative estimate of drug-likeness (QED) is 0.793. The van der Waals surface area contributed by atoms with Crippen LogP contribution in [-0.2, 0) is 4.79 Å². The van der Waals surface area contributed by atoms with Gasteiger partial charge in [0.05, 0.1) is 5.70 Å². The molecule has 21 heavy (non-hydrogen) atoms. The van der Waals surface area contributed by atoms with Gasteiger partial charge in [0.2, 0.25) is 5.91 Å². The largest absolute Gasteiger partial charge is 0.400 e. The molecular weight excluding hydrogens is 271 g/mol. The lowest BCUT2D eigenvalue weighted by atomic mass is 9.95. The smallest absolute Gasteiger partial charge is 0.222 e. The first kappa shape index (κ1) is 14.6. The Kier molecular flexibility index (Phi) is 4.33. The number of hydrogen-bond acceptors (Lipinski definition) is 4. The zero-order chi connectivity index (χ0) is 14.8. The van der Waals surface area contributed by atoms with Gasteiger partial charge in [-0.15, -0.1) is 0 Å². The molecule has 5 nitrogen and oxygen atoms in total. The predicted molar refractivity (Wildman–Crippen MR) is 79.1 cm³/mol. The summed E-state index contributed by atoms with van der Waals surface area (Å²) >= 11 is 0. The maximum absolute atomic E-state index is 14.1. The van der Waals surface area contributed by atoms with Crippen LogP contribution in [0.2, 0.25) is 0 Å². The lowest BCUT2D eigenvalue weighted by Crippen LogP contribution is -2.46. The Balaban J connectivity index is 1.54. The van der Waals surface area contributed by atoms with Crippen LogP contribution in [0.1, 0.15) is 25.7 Å². The van der Waals surface area contributed by atoms with Gasteiger partial charge in [-0.25, -0.2) is 4.39 Å². The lowest BCUT2D eigenvalue weighted by molar-refractivity contribution is -0.128. The van der Waals surface area contributed by atoms with Crippen LogP contribution in [-0.4, -0.2) is 61.1 Å². The number of carbonyl (C=O) groups is 1. The second kappa shape index (κ2) is 6.22. The third-order valence-corrected chi connectivity index (χ3v) is 4.87. The van der Waals surface area contributed by atoms with E-state index in [1.165, 1.54) is 0 Å². The van der Waals surface area contributed by atoms with Crippen LogP contribution in [0.4, 0.5) is 4.39 Å². The van der Waals surface area contributed by atoms with Crippen LogP contribution in [0.5, 0.6) is 0 Å². The number of carbonyl (C=O) groups excluding carboxylic acids is 1. The average molecular weight is 296 g/mol. The van der Waals surface area contributed by atoms with E-state index in [1.54, 1.807) is 0 Å². The number of piperidine rings is 1. The van der Waals surface area contributed by atoms with Crippen LogP contribution in [0.25, 0.3) is 0 Å². The highest BCUT2D eigenvalue weighted by atomic mass is 19.1. The molecule has 3 N–H and O–H groups in total. The van der Waals surface area contributed by atoms with Crippen molar-refractivity contribution >= 4 is 5.91 Å². The topological polar surface area (TPSA) is 61.6 Å². The molecule has 118 valence electrons. The van der Waals surface area contributed by atoms with Crippen LogP contribution in [0, 0.1) is 5.92 Å². The van der Waals surface area contributed by atoms with Crippen molar-refractivity contribution in [3.05, 3.63) is 11.4 Å². The number of nitrogens with one attached hydrogen (secondary N) is 1. The number of nitrogens with two attached hydrogens (primary N) is 1.